The number of para-hydroxylation sites is 4. The van der Waals surface area contributed by atoms with Gasteiger partial charge in [-0.3, -0.25) is 19.6 Å². The Bertz CT molecular complexity index is 1150. The van der Waals surface area contributed by atoms with E-state index in [0.717, 1.165) is 0 Å². The lowest BCUT2D eigenvalue weighted by atomic mass is 10.0. The average Bonchev–Trinajstić information content (AvgIpc) is 2.90. The van der Waals surface area contributed by atoms with E-state index < -0.39 is 0 Å². The van der Waals surface area contributed by atoms with Gasteiger partial charge >= 0.3 is 0 Å². The number of hydrogen-bond acceptors (Lipinski definition) is 8. The quantitative estimate of drug-likeness (QED) is 0.312. The van der Waals surface area contributed by atoms with Crippen LogP contribution in [0.1, 0.15) is 0 Å². The predicted octanol–water partition coefficient (Wildman–Crippen LogP) is 4.51. The van der Waals surface area contributed by atoms with E-state index in [4.69, 9.17) is 0 Å². The Morgan fingerprint density at radius 1 is 0.316 bits per heavy atom. The first-order chi connectivity index (χ1) is 18.5. The molecule has 0 aliphatic carbocycles. The highest BCUT2D eigenvalue weighted by Crippen LogP contribution is 2.35. The highest BCUT2D eigenvalue weighted by molar-refractivity contribution is 5.75. The first kappa shape index (κ1) is 25.6. The summed E-state index contributed by atoms with van der Waals surface area (Å²) in [5.41, 5.74) is 2.58. The fourth-order valence-corrected chi connectivity index (χ4v) is 5.04. The summed E-state index contributed by atoms with van der Waals surface area (Å²) < 4.78 is 0. The van der Waals surface area contributed by atoms with Crippen molar-refractivity contribution in [3.05, 3.63) is 97.1 Å². The maximum Gasteiger partial charge on any atom is 0.123 e. The maximum atomic E-state index is 9.58. The SMILES string of the molecule is C1N2CN3CN1CN(C2)C3.Oc1ccccc1-c1ccccc1O.Oc1ccccc1-c1ccccc1O. The monoisotopic (exact) mass is 512 g/mol. The lowest BCUT2D eigenvalue weighted by Gasteiger charge is -2.56. The van der Waals surface area contributed by atoms with Crippen LogP contribution in [0.5, 0.6) is 23.0 Å². The number of rotatable bonds is 2. The molecule has 0 unspecified atom stereocenters. The third-order valence-corrected chi connectivity index (χ3v) is 6.60. The van der Waals surface area contributed by atoms with Crippen LogP contribution in [0.25, 0.3) is 22.3 Å². The molecule has 0 spiro atoms. The van der Waals surface area contributed by atoms with Crippen LogP contribution in [-0.2, 0) is 0 Å². The fraction of sp³-hybridized carbons (Fsp3) is 0.200. The molecule has 8 rings (SSSR count). The molecular formula is C30H32N4O4. The number of phenols is 4. The van der Waals surface area contributed by atoms with Crippen molar-refractivity contribution in [2.45, 2.75) is 0 Å². The molecule has 4 N–H and O–H groups in total. The van der Waals surface area contributed by atoms with Gasteiger partial charge in [0.2, 0.25) is 0 Å². The highest BCUT2D eigenvalue weighted by Gasteiger charge is 2.36. The summed E-state index contributed by atoms with van der Waals surface area (Å²) in [6.07, 6.45) is 0. The van der Waals surface area contributed by atoms with Gasteiger partial charge in [-0.1, -0.05) is 72.8 Å². The van der Waals surface area contributed by atoms with E-state index >= 15 is 0 Å². The third kappa shape index (κ3) is 5.90. The summed E-state index contributed by atoms with van der Waals surface area (Å²) in [5, 5.41) is 38.3. The molecule has 4 aromatic carbocycles. The van der Waals surface area contributed by atoms with Gasteiger partial charge in [0.15, 0.2) is 0 Å². The van der Waals surface area contributed by atoms with Gasteiger partial charge in [0, 0.05) is 22.3 Å². The van der Waals surface area contributed by atoms with Gasteiger partial charge in [-0.2, -0.15) is 0 Å². The van der Waals surface area contributed by atoms with Crippen LogP contribution in [0, 0.1) is 0 Å². The van der Waals surface area contributed by atoms with E-state index in [1.165, 1.54) is 40.0 Å². The van der Waals surface area contributed by atoms with Crippen molar-refractivity contribution >= 4 is 0 Å². The summed E-state index contributed by atoms with van der Waals surface area (Å²) in [5.74, 6) is 0.700. The number of benzene rings is 4. The molecule has 38 heavy (non-hydrogen) atoms. The molecule has 4 bridgehead atoms. The van der Waals surface area contributed by atoms with E-state index in [0.29, 0.717) is 22.3 Å². The molecule has 8 heteroatoms. The Hall–Kier alpha value is -4.08. The number of hydrogen-bond donors (Lipinski definition) is 4. The number of aromatic hydroxyl groups is 4. The van der Waals surface area contributed by atoms with Crippen LogP contribution in [-0.4, -0.2) is 80.0 Å². The van der Waals surface area contributed by atoms with Gasteiger partial charge in [-0.15, -0.1) is 0 Å². The zero-order valence-electron chi connectivity index (χ0n) is 21.1. The standard InChI is InChI=1S/2C12H10O2.C6H12N4/c2*13-11-7-3-1-5-9(11)10-6-2-4-8-12(10)14;1-7-2-9-4-8(1)5-10(3-7)6-9/h2*1-8,13-14H;1-6H2. The van der Waals surface area contributed by atoms with Crippen LogP contribution in [0.2, 0.25) is 0 Å². The zero-order chi connectivity index (χ0) is 26.5. The summed E-state index contributed by atoms with van der Waals surface area (Å²) in [6, 6.07) is 27.7. The largest absolute Gasteiger partial charge is 0.507 e. The summed E-state index contributed by atoms with van der Waals surface area (Å²) in [4.78, 5) is 9.88. The van der Waals surface area contributed by atoms with Gasteiger partial charge in [0.25, 0.3) is 0 Å². The van der Waals surface area contributed by atoms with E-state index in [2.05, 4.69) is 19.6 Å². The van der Waals surface area contributed by atoms with E-state index in [9.17, 15) is 20.4 Å². The molecule has 4 aliphatic rings. The molecule has 4 heterocycles. The van der Waals surface area contributed by atoms with Crippen molar-refractivity contribution in [3.8, 4) is 45.3 Å². The molecule has 0 saturated carbocycles. The first-order valence-corrected chi connectivity index (χ1v) is 12.5. The smallest absolute Gasteiger partial charge is 0.123 e. The topological polar surface area (TPSA) is 93.9 Å². The van der Waals surface area contributed by atoms with Crippen LogP contribution in [0.3, 0.4) is 0 Å². The normalized spacial score (nSPS) is 22.5. The molecule has 0 amide bonds. The van der Waals surface area contributed by atoms with Crippen LogP contribution in [0.15, 0.2) is 97.1 Å². The minimum atomic E-state index is 0.175. The Labute approximate surface area is 222 Å². The third-order valence-electron chi connectivity index (χ3n) is 6.60. The van der Waals surface area contributed by atoms with Crippen molar-refractivity contribution in [2.24, 2.45) is 0 Å². The van der Waals surface area contributed by atoms with Crippen molar-refractivity contribution in [3.63, 3.8) is 0 Å². The van der Waals surface area contributed by atoms with Gasteiger partial charge in [0.05, 0.1) is 40.0 Å². The zero-order valence-corrected chi connectivity index (χ0v) is 21.1. The molecular weight excluding hydrogens is 480 g/mol. The lowest BCUT2D eigenvalue weighted by molar-refractivity contribution is -0.194. The Morgan fingerprint density at radius 2 is 0.500 bits per heavy atom. The van der Waals surface area contributed by atoms with E-state index in [1.54, 1.807) is 72.8 Å². The predicted molar refractivity (Wildman–Crippen MR) is 147 cm³/mol. The molecule has 196 valence electrons. The first-order valence-electron chi connectivity index (χ1n) is 12.5. The second-order valence-corrected chi connectivity index (χ2v) is 9.60. The van der Waals surface area contributed by atoms with E-state index in [1.807, 2.05) is 24.3 Å². The molecule has 0 aromatic heterocycles. The van der Waals surface area contributed by atoms with Gasteiger partial charge in [0.1, 0.15) is 23.0 Å². The molecule has 4 saturated heterocycles. The van der Waals surface area contributed by atoms with Crippen LogP contribution in [0.4, 0.5) is 0 Å². The molecule has 4 aromatic rings. The average molecular weight is 513 g/mol. The number of nitrogens with zero attached hydrogens (tertiary/aromatic N) is 4. The summed E-state index contributed by atoms with van der Waals surface area (Å²) in [7, 11) is 0. The lowest BCUT2D eigenvalue weighted by Crippen LogP contribution is -2.71. The highest BCUT2D eigenvalue weighted by atomic mass is 16.3. The van der Waals surface area contributed by atoms with Crippen molar-refractivity contribution in [1.29, 1.82) is 0 Å². The van der Waals surface area contributed by atoms with Crippen molar-refractivity contribution < 1.29 is 20.4 Å². The van der Waals surface area contributed by atoms with Gasteiger partial charge in [-0.05, 0) is 24.3 Å². The maximum absolute atomic E-state index is 9.58. The molecule has 8 nitrogen and oxygen atoms in total. The van der Waals surface area contributed by atoms with Crippen molar-refractivity contribution in [1.82, 2.24) is 19.6 Å². The van der Waals surface area contributed by atoms with Crippen LogP contribution >= 0.6 is 0 Å². The van der Waals surface area contributed by atoms with Crippen molar-refractivity contribution in [2.75, 3.05) is 40.0 Å². The summed E-state index contributed by atoms with van der Waals surface area (Å²) >= 11 is 0. The molecule has 0 radical (unpaired) electrons. The second-order valence-electron chi connectivity index (χ2n) is 9.60. The minimum Gasteiger partial charge on any atom is -0.507 e. The van der Waals surface area contributed by atoms with Gasteiger partial charge < -0.3 is 20.4 Å². The van der Waals surface area contributed by atoms with E-state index in [-0.39, 0.29) is 23.0 Å². The number of phenolic OH excluding ortho intramolecular Hbond substituents is 4. The molecule has 4 aliphatic heterocycles. The molecule has 0 atom stereocenters. The fourth-order valence-electron chi connectivity index (χ4n) is 5.04. The van der Waals surface area contributed by atoms with Crippen LogP contribution < -0.4 is 0 Å². The molecule has 4 fully saturated rings. The summed E-state index contributed by atoms with van der Waals surface area (Å²) in [6.45, 7) is 7.12. The minimum absolute atomic E-state index is 0.175. The Balaban J connectivity index is 0.000000117. The Kier molecular flexibility index (Phi) is 7.76. The Morgan fingerprint density at radius 3 is 0.684 bits per heavy atom. The second kappa shape index (κ2) is 11.5. The van der Waals surface area contributed by atoms with Gasteiger partial charge in [-0.25, -0.2) is 0 Å².